The highest BCUT2D eigenvalue weighted by molar-refractivity contribution is 5.25. The summed E-state index contributed by atoms with van der Waals surface area (Å²) in [6, 6.07) is 3.97. The van der Waals surface area contributed by atoms with Crippen molar-refractivity contribution >= 4 is 0 Å². The van der Waals surface area contributed by atoms with Gasteiger partial charge in [0.1, 0.15) is 0 Å². The van der Waals surface area contributed by atoms with Crippen molar-refractivity contribution in [3.63, 3.8) is 0 Å². The number of ether oxygens (including phenoxy) is 2. The molecule has 0 aromatic carbocycles. The largest absolute Gasteiger partial charge is 0.475 e. The Labute approximate surface area is 122 Å². The van der Waals surface area contributed by atoms with E-state index in [-0.39, 0.29) is 6.10 Å². The molecule has 0 saturated carbocycles. The van der Waals surface area contributed by atoms with Gasteiger partial charge in [-0.3, -0.25) is 0 Å². The summed E-state index contributed by atoms with van der Waals surface area (Å²) in [7, 11) is 0. The second kappa shape index (κ2) is 9.72. The minimum atomic E-state index is 0.142. The molecule has 0 atom stereocenters. The van der Waals surface area contributed by atoms with Crippen LogP contribution in [0.4, 0.5) is 0 Å². The summed E-state index contributed by atoms with van der Waals surface area (Å²) in [6.45, 7) is 11.6. The van der Waals surface area contributed by atoms with Gasteiger partial charge in [-0.2, -0.15) is 0 Å². The first-order valence-corrected chi connectivity index (χ1v) is 7.48. The van der Waals surface area contributed by atoms with Crippen LogP contribution in [-0.4, -0.2) is 30.8 Å². The summed E-state index contributed by atoms with van der Waals surface area (Å²) in [6.07, 6.45) is 3.02. The van der Waals surface area contributed by atoms with E-state index < -0.39 is 0 Å². The first-order chi connectivity index (χ1) is 9.59. The van der Waals surface area contributed by atoms with Crippen LogP contribution >= 0.6 is 0 Å². The topological polar surface area (TPSA) is 43.4 Å². The van der Waals surface area contributed by atoms with Crippen LogP contribution in [0, 0.1) is 5.92 Å². The maximum Gasteiger partial charge on any atom is 0.218 e. The zero-order valence-electron chi connectivity index (χ0n) is 13.2. The predicted octanol–water partition coefficient (Wildman–Crippen LogP) is 3.02. The van der Waals surface area contributed by atoms with Crippen molar-refractivity contribution in [1.29, 1.82) is 0 Å². The second-order valence-electron chi connectivity index (χ2n) is 5.61. The summed E-state index contributed by atoms with van der Waals surface area (Å²) < 4.78 is 11.3. The van der Waals surface area contributed by atoms with Gasteiger partial charge in [-0.05, 0) is 32.3 Å². The lowest BCUT2D eigenvalue weighted by Gasteiger charge is -2.13. The van der Waals surface area contributed by atoms with Crippen molar-refractivity contribution in [2.75, 3.05) is 19.8 Å². The van der Waals surface area contributed by atoms with Crippen molar-refractivity contribution < 1.29 is 9.47 Å². The number of hydrogen-bond acceptors (Lipinski definition) is 4. The van der Waals surface area contributed by atoms with E-state index >= 15 is 0 Å². The molecule has 4 nitrogen and oxygen atoms in total. The van der Waals surface area contributed by atoms with Gasteiger partial charge in [0.05, 0.1) is 12.7 Å². The van der Waals surface area contributed by atoms with E-state index in [2.05, 4.69) is 24.1 Å². The van der Waals surface area contributed by atoms with Crippen molar-refractivity contribution in [3.8, 4) is 5.88 Å². The molecule has 114 valence electrons. The Balaban J connectivity index is 2.21. The maximum atomic E-state index is 5.68. The van der Waals surface area contributed by atoms with Crippen LogP contribution in [0.1, 0.15) is 39.7 Å². The standard InChI is InChI=1S/C16H28N2O2/c1-13(2)7-10-19-11-9-17-12-15-6-5-8-18-16(15)20-14(3)4/h5-6,8,13-14,17H,7,9-12H2,1-4H3. The molecule has 0 spiro atoms. The van der Waals surface area contributed by atoms with Crippen molar-refractivity contribution in [3.05, 3.63) is 23.9 Å². The van der Waals surface area contributed by atoms with Gasteiger partial charge in [0, 0.05) is 31.5 Å². The van der Waals surface area contributed by atoms with E-state index in [0.29, 0.717) is 5.92 Å². The Kier molecular flexibility index (Phi) is 8.23. The zero-order chi connectivity index (χ0) is 14.8. The quantitative estimate of drug-likeness (QED) is 0.669. The molecule has 0 aliphatic heterocycles. The lowest BCUT2D eigenvalue weighted by atomic mass is 10.1. The fraction of sp³-hybridized carbons (Fsp3) is 0.688. The van der Waals surface area contributed by atoms with Gasteiger partial charge in [-0.1, -0.05) is 19.9 Å². The molecule has 0 unspecified atom stereocenters. The van der Waals surface area contributed by atoms with E-state index in [0.717, 1.165) is 44.2 Å². The molecule has 1 aromatic rings. The molecule has 1 heterocycles. The minimum absolute atomic E-state index is 0.142. The molecule has 0 aliphatic rings. The van der Waals surface area contributed by atoms with Gasteiger partial charge in [0.25, 0.3) is 0 Å². The van der Waals surface area contributed by atoms with Crippen LogP contribution in [0.5, 0.6) is 5.88 Å². The molecule has 0 radical (unpaired) electrons. The number of aromatic nitrogens is 1. The van der Waals surface area contributed by atoms with E-state index in [1.807, 2.05) is 26.0 Å². The predicted molar refractivity (Wildman–Crippen MR) is 82.0 cm³/mol. The molecule has 0 bridgehead atoms. The van der Waals surface area contributed by atoms with Crippen molar-refractivity contribution in [1.82, 2.24) is 10.3 Å². The molecule has 0 aliphatic carbocycles. The summed E-state index contributed by atoms with van der Waals surface area (Å²) >= 11 is 0. The van der Waals surface area contributed by atoms with Gasteiger partial charge >= 0.3 is 0 Å². The summed E-state index contributed by atoms with van der Waals surface area (Å²) in [5, 5.41) is 3.36. The monoisotopic (exact) mass is 280 g/mol. The number of nitrogens with one attached hydrogen (secondary N) is 1. The molecular formula is C16H28N2O2. The van der Waals surface area contributed by atoms with Crippen LogP contribution < -0.4 is 10.1 Å². The Morgan fingerprint density at radius 3 is 2.70 bits per heavy atom. The van der Waals surface area contributed by atoms with Gasteiger partial charge in [-0.25, -0.2) is 4.98 Å². The summed E-state index contributed by atoms with van der Waals surface area (Å²) in [4.78, 5) is 4.27. The Morgan fingerprint density at radius 1 is 1.20 bits per heavy atom. The zero-order valence-corrected chi connectivity index (χ0v) is 13.2. The van der Waals surface area contributed by atoms with Crippen molar-refractivity contribution in [2.24, 2.45) is 5.92 Å². The average molecular weight is 280 g/mol. The normalized spacial score (nSPS) is 11.3. The fourth-order valence-corrected chi connectivity index (χ4v) is 1.68. The molecular weight excluding hydrogens is 252 g/mol. The van der Waals surface area contributed by atoms with Crippen LogP contribution in [-0.2, 0) is 11.3 Å². The van der Waals surface area contributed by atoms with Crippen molar-refractivity contribution in [2.45, 2.75) is 46.8 Å². The maximum absolute atomic E-state index is 5.68. The van der Waals surface area contributed by atoms with Crippen LogP contribution in [0.15, 0.2) is 18.3 Å². The van der Waals surface area contributed by atoms with E-state index in [4.69, 9.17) is 9.47 Å². The van der Waals surface area contributed by atoms with Gasteiger partial charge < -0.3 is 14.8 Å². The Morgan fingerprint density at radius 2 is 2.00 bits per heavy atom. The number of nitrogens with zero attached hydrogens (tertiary/aromatic N) is 1. The SMILES string of the molecule is CC(C)CCOCCNCc1cccnc1OC(C)C. The first-order valence-electron chi connectivity index (χ1n) is 7.48. The second-order valence-corrected chi connectivity index (χ2v) is 5.61. The van der Waals surface area contributed by atoms with E-state index in [1.54, 1.807) is 6.20 Å². The third-order valence-corrected chi connectivity index (χ3v) is 2.78. The van der Waals surface area contributed by atoms with E-state index in [9.17, 15) is 0 Å². The highest BCUT2D eigenvalue weighted by atomic mass is 16.5. The lowest BCUT2D eigenvalue weighted by Crippen LogP contribution is -2.21. The first kappa shape index (κ1) is 16.9. The molecule has 1 N–H and O–H groups in total. The summed E-state index contributed by atoms with van der Waals surface area (Å²) in [5.74, 6) is 1.42. The van der Waals surface area contributed by atoms with Gasteiger partial charge in [0.2, 0.25) is 5.88 Å². The van der Waals surface area contributed by atoms with Gasteiger partial charge in [-0.15, -0.1) is 0 Å². The summed E-state index contributed by atoms with van der Waals surface area (Å²) in [5.41, 5.74) is 1.09. The number of hydrogen-bond donors (Lipinski definition) is 1. The smallest absolute Gasteiger partial charge is 0.218 e. The van der Waals surface area contributed by atoms with Crippen LogP contribution in [0.2, 0.25) is 0 Å². The molecule has 0 saturated heterocycles. The molecule has 1 rings (SSSR count). The minimum Gasteiger partial charge on any atom is -0.475 e. The molecule has 0 amide bonds. The fourth-order valence-electron chi connectivity index (χ4n) is 1.68. The molecule has 4 heteroatoms. The molecule has 1 aromatic heterocycles. The van der Waals surface area contributed by atoms with E-state index in [1.165, 1.54) is 0 Å². The Bertz CT molecular complexity index is 367. The van der Waals surface area contributed by atoms with Gasteiger partial charge in [0.15, 0.2) is 0 Å². The third-order valence-electron chi connectivity index (χ3n) is 2.78. The molecule has 20 heavy (non-hydrogen) atoms. The number of rotatable bonds is 10. The highest BCUT2D eigenvalue weighted by Crippen LogP contribution is 2.15. The average Bonchev–Trinajstić information content (AvgIpc) is 2.38. The third kappa shape index (κ3) is 7.46. The highest BCUT2D eigenvalue weighted by Gasteiger charge is 2.05. The van der Waals surface area contributed by atoms with Crippen LogP contribution in [0.3, 0.4) is 0 Å². The Hall–Kier alpha value is -1.13. The lowest BCUT2D eigenvalue weighted by molar-refractivity contribution is 0.125. The van der Waals surface area contributed by atoms with Crippen LogP contribution in [0.25, 0.3) is 0 Å². The molecule has 0 fully saturated rings. The number of pyridine rings is 1.